The smallest absolute Gasteiger partial charge is 0.264 e. The molecule has 39 heavy (non-hydrogen) atoms. The van der Waals surface area contributed by atoms with Gasteiger partial charge in [0.15, 0.2) is 0 Å². The van der Waals surface area contributed by atoms with E-state index in [-0.39, 0.29) is 17.1 Å². The molecule has 0 fully saturated rings. The maximum absolute atomic E-state index is 13.8. The fourth-order valence-electron chi connectivity index (χ4n) is 3.76. The lowest BCUT2D eigenvalue weighted by Crippen LogP contribution is -2.50. The number of hydrogen-bond acceptors (Lipinski definition) is 5. The van der Waals surface area contributed by atoms with Gasteiger partial charge in [-0.15, -0.1) is 0 Å². The lowest BCUT2D eigenvalue weighted by molar-refractivity contribution is -0.139. The molecule has 12 heteroatoms. The third-order valence-electron chi connectivity index (χ3n) is 5.89. The van der Waals surface area contributed by atoms with Crippen LogP contribution in [-0.2, 0) is 26.2 Å². The van der Waals surface area contributed by atoms with E-state index in [1.54, 1.807) is 43.3 Å². The van der Waals surface area contributed by atoms with Gasteiger partial charge in [0.2, 0.25) is 11.8 Å². The number of ether oxygens (including phenoxy) is 1. The van der Waals surface area contributed by atoms with E-state index in [2.05, 4.69) is 5.32 Å². The fraction of sp³-hybridized carbons (Fsp3) is 0.259. The van der Waals surface area contributed by atoms with Crippen LogP contribution < -0.4 is 14.4 Å². The molecule has 208 valence electrons. The molecule has 1 atom stereocenters. The minimum Gasteiger partial charge on any atom is -0.494 e. The van der Waals surface area contributed by atoms with E-state index in [9.17, 15) is 18.0 Å². The van der Waals surface area contributed by atoms with Gasteiger partial charge >= 0.3 is 0 Å². The molecule has 2 amide bonds. The zero-order valence-electron chi connectivity index (χ0n) is 21.5. The lowest BCUT2D eigenvalue weighted by Gasteiger charge is -2.32. The Hall–Kier alpha value is -2.98. The minimum atomic E-state index is -4.22. The number of nitrogens with one attached hydrogen (secondary N) is 1. The molecule has 0 saturated carbocycles. The van der Waals surface area contributed by atoms with Crippen molar-refractivity contribution < 1.29 is 22.7 Å². The van der Waals surface area contributed by atoms with E-state index in [1.807, 2.05) is 6.92 Å². The third-order valence-corrected chi connectivity index (χ3v) is 8.51. The molecule has 3 aromatic carbocycles. The molecule has 0 aliphatic carbocycles. The van der Waals surface area contributed by atoms with Crippen LogP contribution in [0.25, 0.3) is 0 Å². The van der Waals surface area contributed by atoms with Gasteiger partial charge in [-0.1, -0.05) is 40.9 Å². The number of benzene rings is 3. The molecule has 0 radical (unpaired) electrons. The largest absolute Gasteiger partial charge is 0.494 e. The summed E-state index contributed by atoms with van der Waals surface area (Å²) in [6.45, 7) is 3.17. The molecule has 8 nitrogen and oxygen atoms in total. The van der Waals surface area contributed by atoms with E-state index in [0.29, 0.717) is 33.0 Å². The van der Waals surface area contributed by atoms with Crippen molar-refractivity contribution in [2.75, 3.05) is 24.5 Å². The standard InChI is InChI=1S/C27H28Cl3N3O5S/c1-4-38-23-11-9-22(10-12-23)33(39(36,37)24-13-7-20(28)8-14-24)17-26(34)32(18(2)27(35)31-3)16-19-5-6-21(29)15-25(19)30/h5-15,18H,4,16-17H2,1-3H3,(H,31,35)/t18-/m0/s1. The van der Waals surface area contributed by atoms with Crippen LogP contribution in [0.4, 0.5) is 5.69 Å². The topological polar surface area (TPSA) is 96.0 Å². The molecule has 3 rings (SSSR count). The Labute approximate surface area is 243 Å². The van der Waals surface area contributed by atoms with Gasteiger partial charge in [0.05, 0.1) is 17.2 Å². The monoisotopic (exact) mass is 611 g/mol. The summed E-state index contributed by atoms with van der Waals surface area (Å²) >= 11 is 18.3. The highest BCUT2D eigenvalue weighted by molar-refractivity contribution is 7.92. The molecule has 0 saturated heterocycles. The summed E-state index contributed by atoms with van der Waals surface area (Å²) < 4.78 is 34.0. The van der Waals surface area contributed by atoms with Crippen molar-refractivity contribution in [3.05, 3.63) is 87.4 Å². The van der Waals surface area contributed by atoms with Gasteiger partial charge in [-0.25, -0.2) is 8.42 Å². The first-order valence-electron chi connectivity index (χ1n) is 11.9. The Kier molecular flexibility index (Phi) is 10.5. The van der Waals surface area contributed by atoms with Gasteiger partial charge in [-0.05, 0) is 80.1 Å². The number of rotatable bonds is 11. The van der Waals surface area contributed by atoms with E-state index in [0.717, 1.165) is 4.31 Å². The van der Waals surface area contributed by atoms with Gasteiger partial charge in [-0.3, -0.25) is 13.9 Å². The van der Waals surface area contributed by atoms with Gasteiger partial charge in [0.25, 0.3) is 10.0 Å². The zero-order valence-corrected chi connectivity index (χ0v) is 24.6. The van der Waals surface area contributed by atoms with Crippen LogP contribution in [-0.4, -0.2) is 51.4 Å². The average molecular weight is 613 g/mol. The number of amides is 2. The summed E-state index contributed by atoms with van der Waals surface area (Å²) in [5.74, 6) is -0.506. The number of likely N-dealkylation sites (N-methyl/N-ethyl adjacent to an activating group) is 1. The molecule has 0 heterocycles. The van der Waals surface area contributed by atoms with E-state index in [1.165, 1.54) is 42.3 Å². The van der Waals surface area contributed by atoms with Crippen LogP contribution in [0.2, 0.25) is 15.1 Å². The van der Waals surface area contributed by atoms with Crippen LogP contribution in [0, 0.1) is 0 Å². The number of hydrogen-bond donors (Lipinski definition) is 1. The van der Waals surface area contributed by atoms with Crippen molar-refractivity contribution in [1.82, 2.24) is 10.2 Å². The molecule has 0 aromatic heterocycles. The first-order chi connectivity index (χ1) is 18.5. The summed E-state index contributed by atoms with van der Waals surface area (Å²) in [6.07, 6.45) is 0. The van der Waals surface area contributed by atoms with Crippen molar-refractivity contribution in [2.24, 2.45) is 0 Å². The number of sulfonamides is 1. The minimum absolute atomic E-state index is 0.0540. The highest BCUT2D eigenvalue weighted by Gasteiger charge is 2.32. The molecular weight excluding hydrogens is 585 g/mol. The SMILES string of the molecule is CCOc1ccc(N(CC(=O)N(Cc2ccc(Cl)cc2Cl)[C@@H](C)C(=O)NC)S(=O)(=O)c2ccc(Cl)cc2)cc1. The molecule has 0 aliphatic rings. The van der Waals surface area contributed by atoms with Crippen LogP contribution in [0.3, 0.4) is 0 Å². The third kappa shape index (κ3) is 7.57. The molecule has 3 aromatic rings. The Balaban J connectivity index is 2.04. The van der Waals surface area contributed by atoms with Gasteiger partial charge in [0, 0.05) is 28.7 Å². The lowest BCUT2D eigenvalue weighted by atomic mass is 10.1. The van der Waals surface area contributed by atoms with Crippen molar-refractivity contribution in [2.45, 2.75) is 31.3 Å². The normalized spacial score (nSPS) is 11.9. The van der Waals surface area contributed by atoms with Crippen LogP contribution in [0.15, 0.2) is 71.6 Å². The summed E-state index contributed by atoms with van der Waals surface area (Å²) in [4.78, 5) is 27.6. The molecule has 0 aliphatic heterocycles. The second-order valence-electron chi connectivity index (χ2n) is 8.44. The second kappa shape index (κ2) is 13.4. The van der Waals surface area contributed by atoms with Crippen LogP contribution in [0.1, 0.15) is 19.4 Å². The average Bonchev–Trinajstić information content (AvgIpc) is 2.91. The van der Waals surface area contributed by atoms with E-state index >= 15 is 0 Å². The van der Waals surface area contributed by atoms with Gasteiger partial charge in [-0.2, -0.15) is 0 Å². The number of carbonyl (C=O) groups is 2. The molecule has 0 spiro atoms. The van der Waals surface area contributed by atoms with Gasteiger partial charge < -0.3 is 15.0 Å². The Morgan fingerprint density at radius 2 is 1.56 bits per heavy atom. The quantitative estimate of drug-likeness (QED) is 0.313. The fourth-order valence-corrected chi connectivity index (χ4v) is 5.77. The summed E-state index contributed by atoms with van der Waals surface area (Å²) in [6, 6.07) is 15.8. The summed E-state index contributed by atoms with van der Waals surface area (Å²) in [5.41, 5.74) is 0.775. The molecular formula is C27H28Cl3N3O5S. The van der Waals surface area contributed by atoms with Crippen molar-refractivity contribution >= 4 is 62.3 Å². The second-order valence-corrected chi connectivity index (χ2v) is 11.6. The summed E-state index contributed by atoms with van der Waals surface area (Å²) in [5, 5.41) is 3.61. The van der Waals surface area contributed by atoms with E-state index in [4.69, 9.17) is 39.5 Å². The molecule has 0 bridgehead atoms. The summed E-state index contributed by atoms with van der Waals surface area (Å²) in [7, 11) is -2.77. The van der Waals surface area contributed by atoms with Crippen LogP contribution in [0.5, 0.6) is 5.75 Å². The highest BCUT2D eigenvalue weighted by atomic mass is 35.5. The van der Waals surface area contributed by atoms with Crippen molar-refractivity contribution in [3.63, 3.8) is 0 Å². The van der Waals surface area contributed by atoms with E-state index < -0.39 is 34.4 Å². The zero-order chi connectivity index (χ0) is 28.7. The Morgan fingerprint density at radius 1 is 0.949 bits per heavy atom. The first-order valence-corrected chi connectivity index (χ1v) is 14.5. The molecule has 0 unspecified atom stereocenters. The Morgan fingerprint density at radius 3 is 2.13 bits per heavy atom. The molecule has 1 N–H and O–H groups in total. The number of anilines is 1. The highest BCUT2D eigenvalue weighted by Crippen LogP contribution is 2.28. The van der Waals surface area contributed by atoms with Crippen molar-refractivity contribution in [1.29, 1.82) is 0 Å². The van der Waals surface area contributed by atoms with Crippen molar-refractivity contribution in [3.8, 4) is 5.75 Å². The predicted octanol–water partition coefficient (Wildman–Crippen LogP) is 5.40. The Bertz CT molecular complexity index is 1420. The maximum Gasteiger partial charge on any atom is 0.264 e. The first kappa shape index (κ1) is 30.6. The van der Waals surface area contributed by atoms with Gasteiger partial charge in [0.1, 0.15) is 18.3 Å². The van der Waals surface area contributed by atoms with Crippen LogP contribution >= 0.6 is 34.8 Å². The number of halogens is 3. The number of nitrogens with zero attached hydrogens (tertiary/aromatic N) is 2. The number of carbonyl (C=O) groups excluding carboxylic acids is 2. The maximum atomic E-state index is 13.8. The predicted molar refractivity (Wildman–Crippen MR) is 154 cm³/mol.